The summed E-state index contributed by atoms with van der Waals surface area (Å²) < 4.78 is 0. The number of hydrogen-bond donors (Lipinski definition) is 2. The van der Waals surface area contributed by atoms with Gasteiger partial charge in [0.05, 0.1) is 12.4 Å². The van der Waals surface area contributed by atoms with Gasteiger partial charge in [-0.1, -0.05) is 0 Å². The van der Waals surface area contributed by atoms with Crippen molar-refractivity contribution in [3.05, 3.63) is 48.6 Å². The molecule has 0 saturated heterocycles. The third-order valence-electron chi connectivity index (χ3n) is 1.88. The molecule has 90 valence electrons. The molecule has 8 heteroatoms. The highest BCUT2D eigenvalue weighted by molar-refractivity contribution is 5.96. The minimum absolute atomic E-state index is 0.0944. The molecule has 8 nitrogen and oxygen atoms in total. The van der Waals surface area contributed by atoms with Gasteiger partial charge in [0.1, 0.15) is 11.4 Å². The zero-order chi connectivity index (χ0) is 12.8. The molecule has 18 heavy (non-hydrogen) atoms. The Morgan fingerprint density at radius 1 is 0.778 bits per heavy atom. The first kappa shape index (κ1) is 11.6. The molecule has 2 aromatic rings. The molecule has 0 saturated carbocycles. The Morgan fingerprint density at radius 2 is 1.22 bits per heavy atom. The van der Waals surface area contributed by atoms with Crippen LogP contribution in [0.5, 0.6) is 0 Å². The van der Waals surface area contributed by atoms with E-state index in [0.29, 0.717) is 0 Å². The summed E-state index contributed by atoms with van der Waals surface area (Å²) in [6.07, 6.45) is 8.19. The lowest BCUT2D eigenvalue weighted by Gasteiger charge is -2.05. The minimum Gasteiger partial charge on any atom is -0.266 e. The van der Waals surface area contributed by atoms with Gasteiger partial charge in [0, 0.05) is 24.8 Å². The summed E-state index contributed by atoms with van der Waals surface area (Å²) in [5.74, 6) is -1.14. The molecule has 2 amide bonds. The maximum Gasteiger partial charge on any atom is 0.289 e. The fraction of sp³-hybridized carbons (Fsp3) is 0. The van der Waals surface area contributed by atoms with Crippen LogP contribution in [0.25, 0.3) is 0 Å². The monoisotopic (exact) mass is 244 g/mol. The summed E-state index contributed by atoms with van der Waals surface area (Å²) in [6, 6.07) is 0. The van der Waals surface area contributed by atoms with Crippen LogP contribution in [-0.2, 0) is 0 Å². The molecule has 0 bridgehead atoms. The van der Waals surface area contributed by atoms with Crippen LogP contribution in [0.2, 0.25) is 0 Å². The Kier molecular flexibility index (Phi) is 3.50. The summed E-state index contributed by atoms with van der Waals surface area (Å²) >= 11 is 0. The van der Waals surface area contributed by atoms with Crippen molar-refractivity contribution >= 4 is 11.8 Å². The molecule has 2 aromatic heterocycles. The van der Waals surface area contributed by atoms with Crippen molar-refractivity contribution in [1.29, 1.82) is 0 Å². The summed E-state index contributed by atoms with van der Waals surface area (Å²) in [6.45, 7) is 0. The van der Waals surface area contributed by atoms with E-state index in [9.17, 15) is 9.59 Å². The predicted octanol–water partition coefficient (Wildman–Crippen LogP) is -0.659. The van der Waals surface area contributed by atoms with Gasteiger partial charge in [-0.05, 0) is 0 Å². The second-order valence-electron chi connectivity index (χ2n) is 3.09. The number of amides is 2. The summed E-state index contributed by atoms with van der Waals surface area (Å²) in [5, 5.41) is 0. The summed E-state index contributed by atoms with van der Waals surface area (Å²) in [5.41, 5.74) is 4.57. The van der Waals surface area contributed by atoms with Crippen molar-refractivity contribution in [2.75, 3.05) is 0 Å². The lowest BCUT2D eigenvalue weighted by molar-refractivity contribution is 0.0841. The normalized spacial score (nSPS) is 9.56. The number of hydrogen-bond acceptors (Lipinski definition) is 6. The average Bonchev–Trinajstić information content (AvgIpc) is 2.46. The molecule has 0 aliphatic heterocycles. The quantitative estimate of drug-likeness (QED) is 0.679. The largest absolute Gasteiger partial charge is 0.289 e. The number of carbonyl (C=O) groups is 2. The van der Waals surface area contributed by atoms with Crippen molar-refractivity contribution in [3.63, 3.8) is 0 Å². The lowest BCUT2D eigenvalue weighted by atomic mass is 10.4. The van der Waals surface area contributed by atoms with Gasteiger partial charge in [0.25, 0.3) is 11.8 Å². The van der Waals surface area contributed by atoms with Gasteiger partial charge in [-0.25, -0.2) is 9.97 Å². The van der Waals surface area contributed by atoms with E-state index in [1.54, 1.807) is 0 Å². The highest BCUT2D eigenvalue weighted by Crippen LogP contribution is 1.90. The van der Waals surface area contributed by atoms with Gasteiger partial charge in [-0.3, -0.25) is 30.4 Å². The van der Waals surface area contributed by atoms with E-state index < -0.39 is 11.8 Å². The molecule has 0 aliphatic rings. The van der Waals surface area contributed by atoms with E-state index in [2.05, 4.69) is 30.8 Å². The van der Waals surface area contributed by atoms with Gasteiger partial charge in [-0.15, -0.1) is 0 Å². The van der Waals surface area contributed by atoms with Gasteiger partial charge in [0.2, 0.25) is 0 Å². The highest BCUT2D eigenvalue weighted by atomic mass is 16.2. The molecule has 0 spiro atoms. The third kappa shape index (κ3) is 2.82. The maximum atomic E-state index is 11.5. The Labute approximate surface area is 101 Å². The first-order valence-corrected chi connectivity index (χ1v) is 4.90. The SMILES string of the molecule is O=C(NNC(=O)c1cnccn1)c1cnccn1. The Morgan fingerprint density at radius 3 is 1.56 bits per heavy atom. The van der Waals surface area contributed by atoms with E-state index in [4.69, 9.17) is 0 Å². The topological polar surface area (TPSA) is 110 Å². The number of nitrogens with zero attached hydrogens (tertiary/aromatic N) is 4. The molecule has 2 rings (SSSR count). The van der Waals surface area contributed by atoms with E-state index in [1.165, 1.54) is 37.2 Å². The van der Waals surface area contributed by atoms with Crippen molar-refractivity contribution in [2.45, 2.75) is 0 Å². The van der Waals surface area contributed by atoms with Crippen LogP contribution in [0.15, 0.2) is 37.2 Å². The van der Waals surface area contributed by atoms with Crippen LogP contribution in [0, 0.1) is 0 Å². The van der Waals surface area contributed by atoms with Crippen LogP contribution in [0.1, 0.15) is 21.0 Å². The van der Waals surface area contributed by atoms with Crippen LogP contribution in [0.4, 0.5) is 0 Å². The Hall–Kier alpha value is -2.90. The predicted molar refractivity (Wildman–Crippen MR) is 59.0 cm³/mol. The molecule has 0 fully saturated rings. The summed E-state index contributed by atoms with van der Waals surface area (Å²) in [7, 11) is 0. The smallest absolute Gasteiger partial charge is 0.266 e. The Bertz CT molecular complexity index is 493. The summed E-state index contributed by atoms with van der Waals surface area (Å²) in [4.78, 5) is 38.0. The molecule has 0 atom stereocenters. The fourth-order valence-corrected chi connectivity index (χ4v) is 1.07. The van der Waals surface area contributed by atoms with Crippen LogP contribution in [0.3, 0.4) is 0 Å². The molecule has 0 unspecified atom stereocenters. The van der Waals surface area contributed by atoms with E-state index in [1.807, 2.05) is 0 Å². The molecule has 0 aliphatic carbocycles. The number of rotatable bonds is 2. The van der Waals surface area contributed by atoms with Crippen molar-refractivity contribution in [1.82, 2.24) is 30.8 Å². The van der Waals surface area contributed by atoms with Gasteiger partial charge >= 0.3 is 0 Å². The van der Waals surface area contributed by atoms with Crippen molar-refractivity contribution < 1.29 is 9.59 Å². The number of nitrogens with one attached hydrogen (secondary N) is 2. The molecule has 2 heterocycles. The number of aromatic nitrogens is 4. The van der Waals surface area contributed by atoms with Crippen LogP contribution < -0.4 is 10.9 Å². The van der Waals surface area contributed by atoms with Gasteiger partial charge < -0.3 is 0 Å². The lowest BCUT2D eigenvalue weighted by Crippen LogP contribution is -2.42. The van der Waals surface area contributed by atoms with E-state index >= 15 is 0 Å². The van der Waals surface area contributed by atoms with Crippen molar-refractivity contribution in [3.8, 4) is 0 Å². The van der Waals surface area contributed by atoms with Gasteiger partial charge in [0.15, 0.2) is 0 Å². The van der Waals surface area contributed by atoms with Crippen LogP contribution >= 0.6 is 0 Å². The molecule has 0 radical (unpaired) electrons. The number of carbonyl (C=O) groups excluding carboxylic acids is 2. The van der Waals surface area contributed by atoms with E-state index in [0.717, 1.165) is 0 Å². The second-order valence-corrected chi connectivity index (χ2v) is 3.09. The van der Waals surface area contributed by atoms with E-state index in [-0.39, 0.29) is 11.4 Å². The second kappa shape index (κ2) is 5.43. The van der Waals surface area contributed by atoms with Crippen molar-refractivity contribution in [2.24, 2.45) is 0 Å². The van der Waals surface area contributed by atoms with Crippen LogP contribution in [-0.4, -0.2) is 31.8 Å². The van der Waals surface area contributed by atoms with Gasteiger partial charge in [-0.2, -0.15) is 0 Å². The number of hydrazine groups is 1. The standard InChI is InChI=1S/C10H8N6O2/c17-9(7-5-11-1-3-13-7)15-16-10(18)8-6-12-2-4-14-8/h1-6H,(H,15,17)(H,16,18). The minimum atomic E-state index is -0.569. The highest BCUT2D eigenvalue weighted by Gasteiger charge is 2.10. The zero-order valence-electron chi connectivity index (χ0n) is 9.07. The fourth-order valence-electron chi connectivity index (χ4n) is 1.07. The zero-order valence-corrected chi connectivity index (χ0v) is 9.07. The Balaban J connectivity index is 1.93. The first-order chi connectivity index (χ1) is 8.77. The maximum absolute atomic E-state index is 11.5. The molecular weight excluding hydrogens is 236 g/mol. The molecular formula is C10H8N6O2. The molecule has 2 N–H and O–H groups in total. The first-order valence-electron chi connectivity index (χ1n) is 4.90. The third-order valence-corrected chi connectivity index (χ3v) is 1.88. The average molecular weight is 244 g/mol. The molecule has 0 aromatic carbocycles.